The summed E-state index contributed by atoms with van der Waals surface area (Å²) in [6, 6.07) is 16.2. The van der Waals surface area contributed by atoms with E-state index >= 15 is 0 Å². The van der Waals surface area contributed by atoms with Gasteiger partial charge in [0.2, 0.25) is 0 Å². The number of benzene rings is 2. The van der Waals surface area contributed by atoms with E-state index in [-0.39, 0.29) is 4.90 Å². The molecule has 2 rings (SSSR count). The minimum absolute atomic E-state index is 0.195. The number of rotatable bonds is 6. The molecule has 126 valence electrons. The first-order chi connectivity index (χ1) is 11.4. The van der Waals surface area contributed by atoms with Crippen LogP contribution in [0.3, 0.4) is 0 Å². The average molecular weight is 342 g/mol. The van der Waals surface area contributed by atoms with Crippen molar-refractivity contribution < 1.29 is 8.42 Å². The van der Waals surface area contributed by atoms with Gasteiger partial charge in [-0.15, -0.1) is 0 Å². The number of nitrogens with one attached hydrogen (secondary N) is 1. The first-order valence-corrected chi connectivity index (χ1v) is 9.29. The Labute approximate surface area is 144 Å². The molecule has 0 fully saturated rings. The van der Waals surface area contributed by atoms with Gasteiger partial charge < -0.3 is 0 Å². The lowest BCUT2D eigenvalue weighted by Gasteiger charge is -2.07. The van der Waals surface area contributed by atoms with Crippen molar-refractivity contribution in [1.82, 2.24) is 4.83 Å². The SMILES string of the molecule is CC/C(C)=C/C(=N\NS(=O)(=O)c1ccc(C)cc1)c1ccccc1. The Morgan fingerprint density at radius 3 is 2.29 bits per heavy atom. The van der Waals surface area contributed by atoms with E-state index < -0.39 is 10.0 Å². The summed E-state index contributed by atoms with van der Waals surface area (Å²) in [7, 11) is -3.69. The van der Waals surface area contributed by atoms with Crippen molar-refractivity contribution in [2.45, 2.75) is 32.1 Å². The van der Waals surface area contributed by atoms with E-state index in [1.807, 2.05) is 57.2 Å². The second-order valence-electron chi connectivity index (χ2n) is 5.62. The smallest absolute Gasteiger partial charge is 0.200 e. The molecule has 1 N–H and O–H groups in total. The van der Waals surface area contributed by atoms with Gasteiger partial charge >= 0.3 is 0 Å². The number of hydrogen-bond acceptors (Lipinski definition) is 3. The fourth-order valence-electron chi connectivity index (χ4n) is 2.00. The molecular weight excluding hydrogens is 320 g/mol. The maximum Gasteiger partial charge on any atom is 0.276 e. The van der Waals surface area contributed by atoms with Crippen LogP contribution in [0.4, 0.5) is 0 Å². The topological polar surface area (TPSA) is 58.5 Å². The molecule has 0 aliphatic carbocycles. The van der Waals surface area contributed by atoms with Crippen LogP contribution in [0.25, 0.3) is 0 Å². The monoisotopic (exact) mass is 342 g/mol. The number of allylic oxidation sites excluding steroid dienone is 2. The minimum Gasteiger partial charge on any atom is -0.200 e. The van der Waals surface area contributed by atoms with Gasteiger partial charge in [-0.1, -0.05) is 60.5 Å². The summed E-state index contributed by atoms with van der Waals surface area (Å²) in [4.78, 5) is 2.53. The number of nitrogens with zero attached hydrogens (tertiary/aromatic N) is 1. The van der Waals surface area contributed by atoms with Crippen molar-refractivity contribution in [3.8, 4) is 0 Å². The first-order valence-electron chi connectivity index (χ1n) is 7.81. The van der Waals surface area contributed by atoms with Crippen molar-refractivity contribution in [2.75, 3.05) is 0 Å². The molecule has 0 heterocycles. The zero-order valence-corrected chi connectivity index (χ0v) is 15.0. The van der Waals surface area contributed by atoms with Gasteiger partial charge in [0.05, 0.1) is 10.6 Å². The van der Waals surface area contributed by atoms with Crippen molar-refractivity contribution in [3.63, 3.8) is 0 Å². The fourth-order valence-corrected chi connectivity index (χ4v) is 2.82. The molecule has 2 aromatic carbocycles. The molecule has 4 nitrogen and oxygen atoms in total. The molecular formula is C19H22N2O2S. The third kappa shape index (κ3) is 4.80. The molecule has 24 heavy (non-hydrogen) atoms. The van der Waals surface area contributed by atoms with Crippen molar-refractivity contribution in [2.24, 2.45) is 5.10 Å². The van der Waals surface area contributed by atoms with Crippen LogP contribution in [0.1, 0.15) is 31.4 Å². The number of hydrazone groups is 1. The van der Waals surface area contributed by atoms with E-state index in [2.05, 4.69) is 9.93 Å². The van der Waals surface area contributed by atoms with Crippen molar-refractivity contribution in [3.05, 3.63) is 77.4 Å². The number of aryl methyl sites for hydroxylation is 1. The number of hydrogen-bond donors (Lipinski definition) is 1. The van der Waals surface area contributed by atoms with E-state index in [4.69, 9.17) is 0 Å². The Morgan fingerprint density at radius 2 is 1.71 bits per heavy atom. The van der Waals surface area contributed by atoms with Gasteiger partial charge in [-0.05, 0) is 38.5 Å². The van der Waals surface area contributed by atoms with E-state index in [9.17, 15) is 8.42 Å². The second kappa shape index (κ2) is 7.93. The van der Waals surface area contributed by atoms with Gasteiger partial charge in [0.25, 0.3) is 10.0 Å². The Hall–Kier alpha value is -2.40. The van der Waals surface area contributed by atoms with Crippen LogP contribution in [0.2, 0.25) is 0 Å². The zero-order chi connectivity index (χ0) is 17.6. The van der Waals surface area contributed by atoms with Crippen molar-refractivity contribution in [1.29, 1.82) is 0 Å². The van der Waals surface area contributed by atoms with Gasteiger partial charge in [-0.2, -0.15) is 18.4 Å². The highest BCUT2D eigenvalue weighted by Gasteiger charge is 2.13. The largest absolute Gasteiger partial charge is 0.276 e. The molecule has 0 aliphatic heterocycles. The maximum absolute atomic E-state index is 12.4. The van der Waals surface area contributed by atoms with Crippen LogP contribution in [0.5, 0.6) is 0 Å². The van der Waals surface area contributed by atoms with Crippen LogP contribution in [0.15, 0.2) is 76.2 Å². The third-order valence-electron chi connectivity index (χ3n) is 3.63. The summed E-state index contributed by atoms with van der Waals surface area (Å²) in [6.45, 7) is 5.95. The lowest BCUT2D eigenvalue weighted by Crippen LogP contribution is -2.20. The Balaban J connectivity index is 2.35. The van der Waals surface area contributed by atoms with Crippen LogP contribution < -0.4 is 4.83 Å². The molecule has 2 aromatic rings. The highest BCUT2D eigenvalue weighted by atomic mass is 32.2. The van der Waals surface area contributed by atoms with E-state index in [1.165, 1.54) is 0 Å². The molecule has 0 bridgehead atoms. The predicted molar refractivity (Wildman–Crippen MR) is 98.5 cm³/mol. The molecule has 0 atom stereocenters. The summed E-state index contributed by atoms with van der Waals surface area (Å²) in [5.74, 6) is 0. The Morgan fingerprint density at radius 1 is 1.08 bits per heavy atom. The molecule has 0 unspecified atom stereocenters. The Bertz CT molecular complexity index is 837. The van der Waals surface area contributed by atoms with E-state index in [1.54, 1.807) is 24.3 Å². The van der Waals surface area contributed by atoms with Gasteiger partial charge in [-0.25, -0.2) is 0 Å². The fraction of sp³-hybridized carbons (Fsp3) is 0.211. The summed E-state index contributed by atoms with van der Waals surface area (Å²) in [6.07, 6.45) is 2.77. The highest BCUT2D eigenvalue weighted by Crippen LogP contribution is 2.11. The summed E-state index contributed by atoms with van der Waals surface area (Å²) < 4.78 is 24.8. The lowest BCUT2D eigenvalue weighted by atomic mass is 10.1. The summed E-state index contributed by atoms with van der Waals surface area (Å²) in [5.41, 5.74) is 3.57. The molecule has 0 amide bonds. The van der Waals surface area contributed by atoms with Gasteiger partial charge in [0, 0.05) is 5.56 Å². The van der Waals surface area contributed by atoms with Crippen LogP contribution in [0, 0.1) is 6.92 Å². The highest BCUT2D eigenvalue weighted by molar-refractivity contribution is 7.89. The standard InChI is InChI=1S/C19H22N2O2S/c1-4-15(2)14-19(17-8-6-5-7-9-17)20-21-24(22,23)18-12-10-16(3)11-13-18/h5-14,21H,4H2,1-3H3/b15-14+,20-19+. The normalized spacial score (nSPS) is 13.0. The van der Waals surface area contributed by atoms with Gasteiger partial charge in [0.1, 0.15) is 0 Å². The number of sulfonamides is 1. The molecule has 0 aliphatic rings. The van der Waals surface area contributed by atoms with E-state index in [0.717, 1.165) is 23.1 Å². The second-order valence-corrected chi connectivity index (χ2v) is 7.28. The van der Waals surface area contributed by atoms with Gasteiger partial charge in [-0.3, -0.25) is 0 Å². The first kappa shape index (κ1) is 17.9. The quantitative estimate of drug-likeness (QED) is 0.636. The third-order valence-corrected chi connectivity index (χ3v) is 4.85. The molecule has 0 saturated carbocycles. The zero-order valence-electron chi connectivity index (χ0n) is 14.2. The molecule has 5 heteroatoms. The van der Waals surface area contributed by atoms with E-state index in [0.29, 0.717) is 5.71 Å². The predicted octanol–water partition coefficient (Wildman–Crippen LogP) is 4.03. The summed E-state index contributed by atoms with van der Waals surface area (Å²) >= 11 is 0. The Kier molecular flexibility index (Phi) is 5.93. The average Bonchev–Trinajstić information content (AvgIpc) is 2.59. The minimum atomic E-state index is -3.69. The van der Waals surface area contributed by atoms with Crippen molar-refractivity contribution >= 4 is 15.7 Å². The maximum atomic E-state index is 12.4. The lowest BCUT2D eigenvalue weighted by molar-refractivity contribution is 0.584. The van der Waals surface area contributed by atoms with Crippen LogP contribution in [-0.2, 0) is 10.0 Å². The van der Waals surface area contributed by atoms with Crippen LogP contribution >= 0.6 is 0 Å². The molecule has 0 saturated heterocycles. The summed E-state index contributed by atoms with van der Waals surface area (Å²) in [5, 5.41) is 4.15. The van der Waals surface area contributed by atoms with Gasteiger partial charge in [0.15, 0.2) is 0 Å². The van der Waals surface area contributed by atoms with Crippen LogP contribution in [-0.4, -0.2) is 14.1 Å². The molecule has 0 aromatic heterocycles. The molecule has 0 spiro atoms. The molecule has 0 radical (unpaired) electrons.